The van der Waals surface area contributed by atoms with Gasteiger partial charge in [-0.1, -0.05) is 10.3 Å². The van der Waals surface area contributed by atoms with Gasteiger partial charge >= 0.3 is 0 Å². The van der Waals surface area contributed by atoms with E-state index in [1.54, 1.807) is 0 Å². The van der Waals surface area contributed by atoms with Gasteiger partial charge in [-0.05, 0) is 26.8 Å². The van der Waals surface area contributed by atoms with Crippen molar-refractivity contribution in [3.8, 4) is 11.3 Å². The van der Waals surface area contributed by atoms with Crippen LogP contribution in [0.15, 0.2) is 21.3 Å². The fraction of sp³-hybridized carbons (Fsp3) is 0.500. The highest BCUT2D eigenvalue weighted by atomic mass is 16.5. The second kappa shape index (κ2) is 5.86. The van der Waals surface area contributed by atoms with Crippen LogP contribution in [0.3, 0.4) is 0 Å². The van der Waals surface area contributed by atoms with Gasteiger partial charge in [0.25, 0.3) is 0 Å². The van der Waals surface area contributed by atoms with E-state index in [2.05, 4.69) is 25.3 Å². The Morgan fingerprint density at radius 3 is 2.83 bits per heavy atom. The maximum atomic E-state index is 5.51. The topological polar surface area (TPSA) is 86.0 Å². The monoisotopic (exact) mass is 328 g/mol. The maximum Gasteiger partial charge on any atom is 0.231 e. The second-order valence-electron chi connectivity index (χ2n) is 6.35. The molecule has 0 bridgehead atoms. The SMILES string of the molecule is Cc1noc(C2CCN(Cc3cc(-c4cnn(C)c4C)no3)C2)n1. The van der Waals surface area contributed by atoms with Crippen LogP contribution < -0.4 is 0 Å². The standard InChI is InChI=1S/C16H20N6O2/c1-10-14(7-17-21(10)3)15-6-13(23-20-15)9-22-5-4-12(8-22)16-18-11(2)19-24-16/h6-7,12H,4-5,8-9H2,1-3H3. The molecule has 1 unspecified atom stereocenters. The van der Waals surface area contributed by atoms with Crippen LogP contribution in [-0.4, -0.2) is 43.1 Å². The van der Waals surface area contributed by atoms with Gasteiger partial charge in [0.2, 0.25) is 5.89 Å². The first-order chi connectivity index (χ1) is 11.6. The smallest absolute Gasteiger partial charge is 0.231 e. The Hall–Kier alpha value is -2.48. The van der Waals surface area contributed by atoms with Gasteiger partial charge in [0.15, 0.2) is 11.6 Å². The van der Waals surface area contributed by atoms with E-state index in [0.717, 1.165) is 54.7 Å². The van der Waals surface area contributed by atoms with Crippen LogP contribution in [0.4, 0.5) is 0 Å². The van der Waals surface area contributed by atoms with Crippen molar-refractivity contribution in [3.05, 3.63) is 35.4 Å². The zero-order valence-corrected chi connectivity index (χ0v) is 14.1. The number of likely N-dealkylation sites (tertiary alicyclic amines) is 1. The van der Waals surface area contributed by atoms with Crippen LogP contribution in [0.5, 0.6) is 0 Å². The zero-order valence-electron chi connectivity index (χ0n) is 14.1. The molecule has 0 aliphatic carbocycles. The molecule has 1 atom stereocenters. The first-order valence-corrected chi connectivity index (χ1v) is 8.07. The summed E-state index contributed by atoms with van der Waals surface area (Å²) in [4.78, 5) is 6.66. The lowest BCUT2D eigenvalue weighted by Crippen LogP contribution is -2.19. The average molecular weight is 328 g/mol. The van der Waals surface area contributed by atoms with Crippen LogP contribution >= 0.6 is 0 Å². The van der Waals surface area contributed by atoms with Crippen molar-refractivity contribution in [2.45, 2.75) is 32.7 Å². The maximum absolute atomic E-state index is 5.51. The number of hydrogen-bond acceptors (Lipinski definition) is 7. The van der Waals surface area contributed by atoms with Crippen molar-refractivity contribution in [1.29, 1.82) is 0 Å². The van der Waals surface area contributed by atoms with Gasteiger partial charge in [-0.15, -0.1) is 0 Å². The molecule has 3 aromatic heterocycles. The molecule has 0 aromatic carbocycles. The lowest BCUT2D eigenvalue weighted by atomic mass is 10.1. The third kappa shape index (κ3) is 2.73. The molecule has 0 saturated carbocycles. The third-order valence-corrected chi connectivity index (χ3v) is 4.61. The van der Waals surface area contributed by atoms with Gasteiger partial charge in [0, 0.05) is 30.9 Å². The molecule has 1 saturated heterocycles. The van der Waals surface area contributed by atoms with E-state index >= 15 is 0 Å². The predicted molar refractivity (Wildman–Crippen MR) is 85.1 cm³/mol. The highest BCUT2D eigenvalue weighted by Gasteiger charge is 2.28. The van der Waals surface area contributed by atoms with Gasteiger partial charge < -0.3 is 9.05 Å². The Kier molecular flexibility index (Phi) is 3.68. The Morgan fingerprint density at radius 2 is 2.12 bits per heavy atom. The normalized spacial score (nSPS) is 18.5. The van der Waals surface area contributed by atoms with Crippen molar-refractivity contribution in [3.63, 3.8) is 0 Å². The number of rotatable bonds is 4. The lowest BCUT2D eigenvalue weighted by Gasteiger charge is -2.12. The molecule has 3 aromatic rings. The van der Waals surface area contributed by atoms with Crippen molar-refractivity contribution in [2.24, 2.45) is 7.05 Å². The zero-order chi connectivity index (χ0) is 16.7. The summed E-state index contributed by atoms with van der Waals surface area (Å²) in [5.74, 6) is 2.58. The van der Waals surface area contributed by atoms with Crippen molar-refractivity contribution < 1.29 is 9.05 Å². The third-order valence-electron chi connectivity index (χ3n) is 4.61. The van der Waals surface area contributed by atoms with E-state index < -0.39 is 0 Å². The Labute approximate surface area is 139 Å². The van der Waals surface area contributed by atoms with E-state index in [-0.39, 0.29) is 0 Å². The molecule has 0 radical (unpaired) electrons. The van der Waals surface area contributed by atoms with Crippen molar-refractivity contribution in [1.82, 2.24) is 30.0 Å². The Bertz CT molecular complexity index is 849. The molecule has 1 fully saturated rings. The first-order valence-electron chi connectivity index (χ1n) is 8.07. The fourth-order valence-electron chi connectivity index (χ4n) is 3.14. The molecule has 126 valence electrons. The summed E-state index contributed by atoms with van der Waals surface area (Å²) in [6, 6.07) is 1.99. The van der Waals surface area contributed by atoms with E-state index in [1.165, 1.54) is 0 Å². The van der Waals surface area contributed by atoms with E-state index in [0.29, 0.717) is 11.7 Å². The molecule has 8 nitrogen and oxygen atoms in total. The molecule has 4 heterocycles. The highest BCUT2D eigenvalue weighted by Crippen LogP contribution is 2.28. The van der Waals surface area contributed by atoms with Gasteiger partial charge in [-0.2, -0.15) is 10.1 Å². The summed E-state index contributed by atoms with van der Waals surface area (Å²) in [5, 5.41) is 12.3. The van der Waals surface area contributed by atoms with Crippen molar-refractivity contribution in [2.75, 3.05) is 13.1 Å². The number of hydrogen-bond donors (Lipinski definition) is 0. The lowest BCUT2D eigenvalue weighted by molar-refractivity contribution is 0.266. The van der Waals surface area contributed by atoms with E-state index in [4.69, 9.17) is 9.05 Å². The molecule has 0 N–H and O–H groups in total. The van der Waals surface area contributed by atoms with Crippen LogP contribution in [0.1, 0.15) is 35.5 Å². The summed E-state index contributed by atoms with van der Waals surface area (Å²) in [5.41, 5.74) is 2.91. The Balaban J connectivity index is 1.42. The second-order valence-corrected chi connectivity index (χ2v) is 6.35. The molecule has 4 rings (SSSR count). The van der Waals surface area contributed by atoms with Crippen LogP contribution in [0, 0.1) is 13.8 Å². The molecule has 24 heavy (non-hydrogen) atoms. The van der Waals surface area contributed by atoms with E-state index in [9.17, 15) is 0 Å². The van der Waals surface area contributed by atoms with Crippen LogP contribution in [0.25, 0.3) is 11.3 Å². The largest absolute Gasteiger partial charge is 0.359 e. The number of aryl methyl sites for hydroxylation is 2. The molecular weight excluding hydrogens is 308 g/mol. The molecule has 0 amide bonds. The van der Waals surface area contributed by atoms with Crippen LogP contribution in [-0.2, 0) is 13.6 Å². The summed E-state index contributed by atoms with van der Waals surface area (Å²) in [6.45, 7) is 6.47. The van der Waals surface area contributed by atoms with E-state index in [1.807, 2.05) is 37.8 Å². The summed E-state index contributed by atoms with van der Waals surface area (Å²) < 4.78 is 12.6. The minimum Gasteiger partial charge on any atom is -0.359 e. The first kappa shape index (κ1) is 15.1. The quantitative estimate of drug-likeness (QED) is 0.724. The van der Waals surface area contributed by atoms with Gasteiger partial charge in [0.1, 0.15) is 5.69 Å². The van der Waals surface area contributed by atoms with Crippen molar-refractivity contribution >= 4 is 0 Å². The number of nitrogens with zero attached hydrogens (tertiary/aromatic N) is 6. The predicted octanol–water partition coefficient (Wildman–Crippen LogP) is 2.06. The molecule has 0 spiro atoms. The average Bonchev–Trinajstić information content (AvgIpc) is 3.31. The summed E-state index contributed by atoms with van der Waals surface area (Å²) in [6.07, 6.45) is 2.84. The Morgan fingerprint density at radius 1 is 1.25 bits per heavy atom. The van der Waals surface area contributed by atoms with Gasteiger partial charge in [0.05, 0.1) is 18.7 Å². The van der Waals surface area contributed by atoms with Gasteiger partial charge in [-0.3, -0.25) is 9.58 Å². The van der Waals surface area contributed by atoms with Gasteiger partial charge in [-0.25, -0.2) is 0 Å². The fourth-order valence-corrected chi connectivity index (χ4v) is 3.14. The summed E-state index contributed by atoms with van der Waals surface area (Å²) in [7, 11) is 1.92. The number of aromatic nitrogens is 5. The summed E-state index contributed by atoms with van der Waals surface area (Å²) >= 11 is 0. The molecule has 1 aliphatic heterocycles. The molecule has 8 heteroatoms. The van der Waals surface area contributed by atoms with Crippen LogP contribution in [0.2, 0.25) is 0 Å². The minimum absolute atomic E-state index is 0.300. The minimum atomic E-state index is 0.300. The highest BCUT2D eigenvalue weighted by molar-refractivity contribution is 5.60. The molecular formula is C16H20N6O2. The molecule has 1 aliphatic rings.